The number of aryl methyl sites for hydroxylation is 1. The molecular weight excluding hydrogens is 210 g/mol. The molecule has 0 unspecified atom stereocenters. The average Bonchev–Trinajstić information content (AvgIpc) is 2.39. The third-order valence-electron chi connectivity index (χ3n) is 3.23. The number of allylic oxidation sites excluding steroid dienone is 2. The maximum Gasteiger partial charge on any atom is 0.223 e. The zero-order valence-electron chi connectivity index (χ0n) is 10.3. The Morgan fingerprint density at radius 2 is 2.06 bits per heavy atom. The summed E-state index contributed by atoms with van der Waals surface area (Å²) in [7, 11) is 0. The fourth-order valence-electron chi connectivity index (χ4n) is 2.07. The van der Waals surface area contributed by atoms with Crippen LogP contribution in [0, 0.1) is 12.8 Å². The van der Waals surface area contributed by atoms with Gasteiger partial charge in [-0.2, -0.15) is 0 Å². The average molecular weight is 229 g/mol. The van der Waals surface area contributed by atoms with Crippen LogP contribution in [0.3, 0.4) is 0 Å². The summed E-state index contributed by atoms with van der Waals surface area (Å²) in [6.45, 7) is 2.70. The topological polar surface area (TPSA) is 29.1 Å². The molecule has 0 aromatic heterocycles. The van der Waals surface area contributed by atoms with Crippen LogP contribution in [-0.4, -0.2) is 5.91 Å². The second-order valence-corrected chi connectivity index (χ2v) is 4.68. The molecule has 0 spiro atoms. The highest BCUT2D eigenvalue weighted by atomic mass is 16.1. The zero-order chi connectivity index (χ0) is 12.1. The van der Waals surface area contributed by atoms with Gasteiger partial charge in [0.1, 0.15) is 0 Å². The fourth-order valence-corrected chi connectivity index (χ4v) is 2.07. The molecule has 0 bridgehead atoms. The Morgan fingerprint density at radius 1 is 1.29 bits per heavy atom. The van der Waals surface area contributed by atoms with Crippen molar-refractivity contribution in [3.05, 3.63) is 47.5 Å². The van der Waals surface area contributed by atoms with Gasteiger partial charge in [-0.25, -0.2) is 0 Å². The first kappa shape index (κ1) is 11.9. The molecule has 0 saturated carbocycles. The van der Waals surface area contributed by atoms with Crippen molar-refractivity contribution in [1.82, 2.24) is 5.32 Å². The highest BCUT2D eigenvalue weighted by Gasteiger charge is 2.17. The van der Waals surface area contributed by atoms with E-state index in [0.29, 0.717) is 6.54 Å². The van der Waals surface area contributed by atoms with Crippen molar-refractivity contribution in [2.75, 3.05) is 0 Å². The van der Waals surface area contributed by atoms with Gasteiger partial charge in [-0.15, -0.1) is 0 Å². The molecule has 1 aromatic carbocycles. The van der Waals surface area contributed by atoms with Crippen molar-refractivity contribution in [3.8, 4) is 0 Å². The van der Waals surface area contributed by atoms with Crippen molar-refractivity contribution in [2.24, 2.45) is 5.92 Å². The highest BCUT2D eigenvalue weighted by molar-refractivity contribution is 5.78. The van der Waals surface area contributed by atoms with Crippen LogP contribution in [0.2, 0.25) is 0 Å². The first-order valence-corrected chi connectivity index (χ1v) is 6.24. The Hall–Kier alpha value is -1.57. The lowest BCUT2D eigenvalue weighted by atomic mass is 9.93. The van der Waals surface area contributed by atoms with Crippen LogP contribution in [-0.2, 0) is 11.3 Å². The number of benzene rings is 1. The van der Waals surface area contributed by atoms with Gasteiger partial charge in [-0.1, -0.05) is 42.0 Å². The number of carbonyl (C=O) groups is 1. The molecule has 0 saturated heterocycles. The van der Waals surface area contributed by atoms with Crippen LogP contribution in [0.5, 0.6) is 0 Å². The lowest BCUT2D eigenvalue weighted by Crippen LogP contribution is -2.30. The summed E-state index contributed by atoms with van der Waals surface area (Å²) >= 11 is 0. The first-order valence-electron chi connectivity index (χ1n) is 6.24. The van der Waals surface area contributed by atoms with E-state index in [1.54, 1.807) is 0 Å². The second kappa shape index (κ2) is 5.67. The Bertz CT molecular complexity index is 405. The summed E-state index contributed by atoms with van der Waals surface area (Å²) in [4.78, 5) is 11.9. The Morgan fingerprint density at radius 3 is 2.71 bits per heavy atom. The van der Waals surface area contributed by atoms with Gasteiger partial charge in [0.25, 0.3) is 0 Å². The molecule has 0 heterocycles. The minimum atomic E-state index is 0.172. The zero-order valence-corrected chi connectivity index (χ0v) is 10.3. The molecule has 1 atom stereocenters. The van der Waals surface area contributed by atoms with Gasteiger partial charge < -0.3 is 5.32 Å². The van der Waals surface area contributed by atoms with Crippen LogP contribution < -0.4 is 5.32 Å². The van der Waals surface area contributed by atoms with Gasteiger partial charge in [0.15, 0.2) is 0 Å². The Balaban J connectivity index is 1.83. The van der Waals surface area contributed by atoms with Gasteiger partial charge in [-0.05, 0) is 31.7 Å². The summed E-state index contributed by atoms with van der Waals surface area (Å²) in [5.74, 6) is 0.361. The van der Waals surface area contributed by atoms with Gasteiger partial charge >= 0.3 is 0 Å². The number of hydrogen-bond acceptors (Lipinski definition) is 1. The highest BCUT2D eigenvalue weighted by Crippen LogP contribution is 2.18. The van der Waals surface area contributed by atoms with Gasteiger partial charge in [0, 0.05) is 12.5 Å². The maximum atomic E-state index is 11.9. The third-order valence-corrected chi connectivity index (χ3v) is 3.23. The lowest BCUT2D eigenvalue weighted by Gasteiger charge is -2.17. The molecule has 17 heavy (non-hydrogen) atoms. The summed E-state index contributed by atoms with van der Waals surface area (Å²) in [5, 5.41) is 3.02. The van der Waals surface area contributed by atoms with Crippen LogP contribution in [0.25, 0.3) is 0 Å². The van der Waals surface area contributed by atoms with Crippen molar-refractivity contribution in [1.29, 1.82) is 0 Å². The SMILES string of the molecule is Cc1ccc(CNC(=O)[C@@H]2CC=CCC2)cc1. The Labute approximate surface area is 103 Å². The van der Waals surface area contributed by atoms with Crippen LogP contribution in [0.4, 0.5) is 0 Å². The molecule has 1 amide bonds. The molecule has 1 aliphatic carbocycles. The molecule has 1 aromatic rings. The smallest absolute Gasteiger partial charge is 0.223 e. The number of rotatable bonds is 3. The van der Waals surface area contributed by atoms with E-state index < -0.39 is 0 Å². The standard InChI is InChI=1S/C15H19NO/c1-12-7-9-13(10-8-12)11-16-15(17)14-5-3-2-4-6-14/h2-3,7-10,14H,4-6,11H2,1H3,(H,16,17)/t14-/m1/s1. The van der Waals surface area contributed by atoms with Crippen LogP contribution >= 0.6 is 0 Å². The Kier molecular flexibility index (Phi) is 3.97. The van der Waals surface area contributed by atoms with Crippen molar-refractivity contribution in [3.63, 3.8) is 0 Å². The van der Waals surface area contributed by atoms with Crippen molar-refractivity contribution < 1.29 is 4.79 Å². The first-order chi connectivity index (χ1) is 8.25. The van der Waals surface area contributed by atoms with Gasteiger partial charge in [-0.3, -0.25) is 4.79 Å². The molecular formula is C15H19NO. The molecule has 2 rings (SSSR count). The molecule has 0 fully saturated rings. The quantitative estimate of drug-likeness (QED) is 0.793. The largest absolute Gasteiger partial charge is 0.352 e. The molecule has 0 radical (unpaired) electrons. The third kappa shape index (κ3) is 3.45. The number of hydrogen-bond donors (Lipinski definition) is 1. The van der Waals surface area contributed by atoms with Crippen LogP contribution in [0.15, 0.2) is 36.4 Å². The van der Waals surface area contributed by atoms with Gasteiger partial charge in [0.05, 0.1) is 0 Å². The monoisotopic (exact) mass is 229 g/mol. The van der Waals surface area contributed by atoms with E-state index in [2.05, 4.69) is 48.7 Å². The summed E-state index contributed by atoms with van der Waals surface area (Å²) in [6.07, 6.45) is 7.17. The molecule has 1 N–H and O–H groups in total. The van der Waals surface area contributed by atoms with E-state index in [9.17, 15) is 4.79 Å². The summed E-state index contributed by atoms with van der Waals surface area (Å²) in [6, 6.07) is 8.28. The number of amides is 1. The second-order valence-electron chi connectivity index (χ2n) is 4.68. The van der Waals surface area contributed by atoms with Crippen molar-refractivity contribution >= 4 is 5.91 Å². The van der Waals surface area contributed by atoms with Crippen LogP contribution in [0.1, 0.15) is 30.4 Å². The minimum absolute atomic E-state index is 0.172. The van der Waals surface area contributed by atoms with E-state index in [0.717, 1.165) is 24.8 Å². The molecule has 0 aliphatic heterocycles. The molecule has 2 nitrogen and oxygen atoms in total. The van der Waals surface area contributed by atoms with E-state index in [4.69, 9.17) is 0 Å². The van der Waals surface area contributed by atoms with Gasteiger partial charge in [0.2, 0.25) is 5.91 Å². The maximum absolute atomic E-state index is 11.9. The molecule has 2 heteroatoms. The lowest BCUT2D eigenvalue weighted by molar-refractivity contribution is -0.125. The predicted octanol–water partition coefficient (Wildman–Crippen LogP) is 2.97. The minimum Gasteiger partial charge on any atom is -0.352 e. The normalized spacial score (nSPS) is 19.0. The summed E-state index contributed by atoms with van der Waals surface area (Å²) in [5.41, 5.74) is 2.41. The predicted molar refractivity (Wildman–Crippen MR) is 69.5 cm³/mol. The fraction of sp³-hybridized carbons (Fsp3) is 0.400. The summed E-state index contributed by atoms with van der Waals surface area (Å²) < 4.78 is 0. The van der Waals surface area contributed by atoms with Crippen molar-refractivity contribution in [2.45, 2.75) is 32.7 Å². The molecule has 90 valence electrons. The number of carbonyl (C=O) groups excluding carboxylic acids is 1. The van der Waals surface area contributed by atoms with E-state index in [1.165, 1.54) is 5.56 Å². The van der Waals surface area contributed by atoms with E-state index in [1.807, 2.05) is 0 Å². The number of nitrogens with one attached hydrogen (secondary N) is 1. The van der Waals surface area contributed by atoms with E-state index in [-0.39, 0.29) is 11.8 Å². The molecule has 1 aliphatic rings. The van der Waals surface area contributed by atoms with E-state index >= 15 is 0 Å².